The largest absolute Gasteiger partial charge is 0.388 e. The Balaban J connectivity index is 1.59. The molecule has 6 heteroatoms. The van der Waals surface area contributed by atoms with Crippen LogP contribution in [-0.4, -0.2) is 47.2 Å². The van der Waals surface area contributed by atoms with E-state index in [0.29, 0.717) is 5.84 Å². The fraction of sp³-hybridized carbons (Fsp3) is 0.429. The Kier molecular flexibility index (Phi) is 4.99. The Labute approximate surface area is 160 Å². The number of hydrogen-bond donors (Lipinski definition) is 2. The van der Waals surface area contributed by atoms with Gasteiger partial charge in [0, 0.05) is 56.1 Å². The van der Waals surface area contributed by atoms with E-state index in [1.54, 1.807) is 4.68 Å². The standard InChI is InChI=1S/C21H28N6/c1-26-10-8-20(23-13-15-6-7-15)18(14-26)21(22)24-17-5-3-4-16(12-17)19-9-11-27(2)25-19/h3-5,9,11-12,15,23H,6-8,10,13-14H2,1-2H3,(H2,22,24). The molecule has 4 rings (SSSR count). The third-order valence-electron chi connectivity index (χ3n) is 5.25. The van der Waals surface area contributed by atoms with Crippen LogP contribution in [0.4, 0.5) is 5.69 Å². The van der Waals surface area contributed by atoms with Gasteiger partial charge in [0.2, 0.25) is 0 Å². The molecule has 2 aliphatic rings. The Bertz CT molecular complexity index is 874. The first-order valence-electron chi connectivity index (χ1n) is 9.67. The van der Waals surface area contributed by atoms with Crippen LogP contribution < -0.4 is 11.1 Å². The summed E-state index contributed by atoms with van der Waals surface area (Å²) in [6.45, 7) is 2.95. The summed E-state index contributed by atoms with van der Waals surface area (Å²) in [5.41, 5.74) is 11.7. The number of nitrogens with zero attached hydrogens (tertiary/aromatic N) is 4. The molecule has 1 aromatic heterocycles. The van der Waals surface area contributed by atoms with Crippen molar-refractivity contribution in [3.8, 4) is 11.3 Å². The van der Waals surface area contributed by atoms with Gasteiger partial charge in [0.15, 0.2) is 0 Å². The van der Waals surface area contributed by atoms with Crippen LogP contribution >= 0.6 is 0 Å². The van der Waals surface area contributed by atoms with Gasteiger partial charge in [-0.2, -0.15) is 5.10 Å². The summed E-state index contributed by atoms with van der Waals surface area (Å²) in [4.78, 5) is 7.03. The van der Waals surface area contributed by atoms with Crippen LogP contribution in [0.2, 0.25) is 0 Å². The molecule has 0 spiro atoms. The number of aliphatic imine (C=N–C) groups is 1. The maximum absolute atomic E-state index is 6.45. The molecule has 2 aromatic rings. The van der Waals surface area contributed by atoms with Crippen LogP contribution in [0.1, 0.15) is 19.3 Å². The average Bonchev–Trinajstić information content (AvgIpc) is 3.39. The Morgan fingerprint density at radius 1 is 1.30 bits per heavy atom. The van der Waals surface area contributed by atoms with Gasteiger partial charge < -0.3 is 16.0 Å². The number of benzene rings is 1. The van der Waals surface area contributed by atoms with Crippen LogP contribution in [0, 0.1) is 5.92 Å². The van der Waals surface area contributed by atoms with Crippen molar-refractivity contribution in [3.63, 3.8) is 0 Å². The van der Waals surface area contributed by atoms with Gasteiger partial charge in [0.05, 0.1) is 11.4 Å². The van der Waals surface area contributed by atoms with Crippen molar-refractivity contribution in [3.05, 3.63) is 47.8 Å². The molecule has 1 fully saturated rings. The number of hydrogen-bond acceptors (Lipinski definition) is 4. The molecule has 142 valence electrons. The monoisotopic (exact) mass is 364 g/mol. The third-order valence-corrected chi connectivity index (χ3v) is 5.25. The maximum atomic E-state index is 6.45. The molecular weight excluding hydrogens is 336 g/mol. The number of nitrogens with two attached hydrogens (primary N) is 1. The topological polar surface area (TPSA) is 71.5 Å². The summed E-state index contributed by atoms with van der Waals surface area (Å²) in [7, 11) is 4.05. The van der Waals surface area contributed by atoms with Crippen molar-refractivity contribution in [2.24, 2.45) is 23.7 Å². The minimum Gasteiger partial charge on any atom is -0.388 e. The van der Waals surface area contributed by atoms with Gasteiger partial charge >= 0.3 is 0 Å². The van der Waals surface area contributed by atoms with Crippen LogP contribution in [0.25, 0.3) is 11.3 Å². The summed E-state index contributed by atoms with van der Waals surface area (Å²) in [5, 5.41) is 8.11. The summed E-state index contributed by atoms with van der Waals surface area (Å²) >= 11 is 0. The highest BCUT2D eigenvalue weighted by molar-refractivity contribution is 5.99. The highest BCUT2D eigenvalue weighted by atomic mass is 15.2. The zero-order valence-corrected chi connectivity index (χ0v) is 16.2. The first-order chi connectivity index (χ1) is 13.1. The number of aromatic nitrogens is 2. The number of nitrogens with one attached hydrogen (secondary N) is 1. The number of likely N-dealkylation sites (N-methyl/N-ethyl adjacent to an activating group) is 1. The second-order valence-corrected chi connectivity index (χ2v) is 7.69. The van der Waals surface area contributed by atoms with Crippen molar-refractivity contribution >= 4 is 11.5 Å². The molecule has 0 atom stereocenters. The second-order valence-electron chi connectivity index (χ2n) is 7.69. The summed E-state index contributed by atoms with van der Waals surface area (Å²) < 4.78 is 1.81. The minimum atomic E-state index is 0.609. The van der Waals surface area contributed by atoms with Crippen molar-refractivity contribution in [2.45, 2.75) is 19.3 Å². The van der Waals surface area contributed by atoms with Crippen molar-refractivity contribution in [1.29, 1.82) is 0 Å². The van der Waals surface area contributed by atoms with E-state index in [0.717, 1.165) is 54.5 Å². The summed E-state index contributed by atoms with van der Waals surface area (Å²) in [6.07, 6.45) is 5.64. The van der Waals surface area contributed by atoms with E-state index in [2.05, 4.69) is 22.4 Å². The molecule has 3 N–H and O–H groups in total. The smallest absolute Gasteiger partial charge is 0.130 e. The fourth-order valence-electron chi connectivity index (χ4n) is 3.43. The predicted molar refractivity (Wildman–Crippen MR) is 110 cm³/mol. The van der Waals surface area contributed by atoms with E-state index in [1.807, 2.05) is 43.6 Å². The lowest BCUT2D eigenvalue weighted by Gasteiger charge is -2.28. The Morgan fingerprint density at radius 2 is 2.15 bits per heavy atom. The van der Waals surface area contributed by atoms with Gasteiger partial charge in [-0.15, -0.1) is 0 Å². The number of aryl methyl sites for hydroxylation is 1. The van der Waals surface area contributed by atoms with Crippen molar-refractivity contribution < 1.29 is 0 Å². The van der Waals surface area contributed by atoms with Crippen LogP contribution in [-0.2, 0) is 7.05 Å². The number of amidine groups is 1. The summed E-state index contributed by atoms with van der Waals surface area (Å²) in [5.74, 6) is 1.45. The first kappa shape index (κ1) is 17.8. The van der Waals surface area contributed by atoms with E-state index in [1.165, 1.54) is 18.5 Å². The molecule has 1 aromatic carbocycles. The molecule has 0 radical (unpaired) electrons. The third kappa shape index (κ3) is 4.39. The lowest BCUT2D eigenvalue weighted by Crippen LogP contribution is -2.37. The van der Waals surface area contributed by atoms with Gasteiger partial charge in [-0.1, -0.05) is 12.1 Å². The fourth-order valence-corrected chi connectivity index (χ4v) is 3.43. The molecule has 2 heterocycles. The van der Waals surface area contributed by atoms with Gasteiger partial charge in [-0.25, -0.2) is 4.99 Å². The molecule has 0 saturated heterocycles. The highest BCUT2D eigenvalue weighted by Crippen LogP contribution is 2.29. The molecular formula is C21H28N6. The van der Waals surface area contributed by atoms with E-state index in [4.69, 9.17) is 10.7 Å². The van der Waals surface area contributed by atoms with Crippen LogP contribution in [0.5, 0.6) is 0 Å². The highest BCUT2D eigenvalue weighted by Gasteiger charge is 2.24. The Hall–Kier alpha value is -2.60. The molecule has 1 saturated carbocycles. The quantitative estimate of drug-likeness (QED) is 0.611. The van der Waals surface area contributed by atoms with Gasteiger partial charge in [0.1, 0.15) is 5.84 Å². The zero-order chi connectivity index (χ0) is 18.8. The normalized spacial score (nSPS) is 18.8. The minimum absolute atomic E-state index is 0.609. The maximum Gasteiger partial charge on any atom is 0.130 e. The molecule has 1 aliphatic carbocycles. The van der Waals surface area contributed by atoms with Crippen LogP contribution in [0.3, 0.4) is 0 Å². The zero-order valence-electron chi connectivity index (χ0n) is 16.2. The van der Waals surface area contributed by atoms with E-state index in [-0.39, 0.29) is 0 Å². The molecule has 27 heavy (non-hydrogen) atoms. The predicted octanol–water partition coefficient (Wildman–Crippen LogP) is 2.67. The number of rotatable bonds is 6. The molecule has 1 aliphatic heterocycles. The first-order valence-corrected chi connectivity index (χ1v) is 9.67. The van der Waals surface area contributed by atoms with Crippen LogP contribution in [0.15, 0.2) is 52.8 Å². The van der Waals surface area contributed by atoms with E-state index < -0.39 is 0 Å². The Morgan fingerprint density at radius 3 is 2.89 bits per heavy atom. The second kappa shape index (κ2) is 7.56. The van der Waals surface area contributed by atoms with Crippen molar-refractivity contribution in [1.82, 2.24) is 20.0 Å². The molecule has 0 bridgehead atoms. The molecule has 6 nitrogen and oxygen atoms in total. The van der Waals surface area contributed by atoms with E-state index >= 15 is 0 Å². The molecule has 0 amide bonds. The lowest BCUT2D eigenvalue weighted by atomic mass is 10.0. The lowest BCUT2D eigenvalue weighted by molar-refractivity contribution is 0.346. The van der Waals surface area contributed by atoms with E-state index in [9.17, 15) is 0 Å². The van der Waals surface area contributed by atoms with Gasteiger partial charge in [0.25, 0.3) is 0 Å². The van der Waals surface area contributed by atoms with Gasteiger partial charge in [-0.3, -0.25) is 4.68 Å². The molecule has 0 unspecified atom stereocenters. The average molecular weight is 364 g/mol. The SMILES string of the molecule is CN1CCC(NCC2CC2)=C(C(N)=Nc2cccc(-c3ccn(C)n3)c2)C1. The van der Waals surface area contributed by atoms with Crippen molar-refractivity contribution in [2.75, 3.05) is 26.7 Å². The van der Waals surface area contributed by atoms with Gasteiger partial charge in [-0.05, 0) is 44.0 Å². The summed E-state index contributed by atoms with van der Waals surface area (Å²) in [6, 6.07) is 10.1.